The van der Waals surface area contributed by atoms with E-state index < -0.39 is 0 Å². The summed E-state index contributed by atoms with van der Waals surface area (Å²) >= 11 is 5.21. The summed E-state index contributed by atoms with van der Waals surface area (Å²) in [6, 6.07) is 4.92. The number of nitrogens with one attached hydrogen (secondary N) is 2. The highest BCUT2D eigenvalue weighted by molar-refractivity contribution is 7.71. The van der Waals surface area contributed by atoms with Gasteiger partial charge in [0.15, 0.2) is 4.77 Å². The van der Waals surface area contributed by atoms with Crippen LogP contribution in [0.15, 0.2) is 35.6 Å². The van der Waals surface area contributed by atoms with Crippen molar-refractivity contribution in [2.45, 2.75) is 32.9 Å². The Morgan fingerprint density at radius 1 is 1.48 bits per heavy atom. The van der Waals surface area contributed by atoms with E-state index in [9.17, 15) is 9.59 Å². The van der Waals surface area contributed by atoms with Gasteiger partial charge in [0.25, 0.3) is 11.5 Å². The molecule has 0 unspecified atom stereocenters. The third kappa shape index (κ3) is 4.87. The summed E-state index contributed by atoms with van der Waals surface area (Å²) < 4.78 is 7.17. The minimum atomic E-state index is -0.198. The van der Waals surface area contributed by atoms with Crippen molar-refractivity contribution in [1.29, 1.82) is 0 Å². The molecule has 2 N–H and O–H groups in total. The Morgan fingerprint density at radius 2 is 2.24 bits per heavy atom. The fourth-order valence-corrected chi connectivity index (χ4v) is 2.65. The molecule has 0 fully saturated rings. The number of aromatic amines is 1. The number of amides is 1. The van der Waals surface area contributed by atoms with Crippen molar-refractivity contribution in [3.05, 3.63) is 51.5 Å². The van der Waals surface area contributed by atoms with Crippen LogP contribution in [0.1, 0.15) is 30.6 Å². The van der Waals surface area contributed by atoms with E-state index in [1.165, 1.54) is 4.57 Å². The van der Waals surface area contributed by atoms with E-state index in [1.807, 2.05) is 13.8 Å². The predicted molar refractivity (Wildman–Crippen MR) is 102 cm³/mol. The standard InChI is InChI=1S/C18H23N3O3S/c1-4-9-21-17(23)14-7-6-13(11-15(14)20-18(21)25)16(22)19-8-5-10-24-12(2)3/h4,6-7,11-12H,1,5,8-10H2,2-3H3,(H,19,22)(H,20,25). The molecule has 1 aromatic carbocycles. The van der Waals surface area contributed by atoms with Crippen LogP contribution in [0.3, 0.4) is 0 Å². The molecule has 0 bridgehead atoms. The molecule has 6 nitrogen and oxygen atoms in total. The van der Waals surface area contributed by atoms with Gasteiger partial charge in [-0.1, -0.05) is 6.08 Å². The molecule has 1 amide bonds. The number of carbonyl (C=O) groups excluding carboxylic acids is 1. The lowest BCUT2D eigenvalue weighted by Gasteiger charge is -2.09. The summed E-state index contributed by atoms with van der Waals surface area (Å²) in [7, 11) is 0. The zero-order valence-electron chi connectivity index (χ0n) is 14.5. The lowest BCUT2D eigenvalue weighted by Crippen LogP contribution is -2.26. The first-order valence-corrected chi connectivity index (χ1v) is 8.62. The highest BCUT2D eigenvalue weighted by Gasteiger charge is 2.09. The molecule has 0 saturated heterocycles. The van der Waals surface area contributed by atoms with Gasteiger partial charge >= 0.3 is 0 Å². The van der Waals surface area contributed by atoms with Crippen LogP contribution in [0.5, 0.6) is 0 Å². The number of hydrogen-bond acceptors (Lipinski definition) is 4. The second-order valence-electron chi connectivity index (χ2n) is 5.92. The first kappa shape index (κ1) is 19.1. The maximum atomic E-state index is 12.4. The maximum Gasteiger partial charge on any atom is 0.262 e. The summed E-state index contributed by atoms with van der Waals surface area (Å²) in [6.45, 7) is 9.04. The van der Waals surface area contributed by atoms with E-state index in [0.29, 0.717) is 40.9 Å². The number of H-pyrrole nitrogens is 1. The zero-order valence-corrected chi connectivity index (χ0v) is 15.3. The van der Waals surface area contributed by atoms with E-state index in [4.69, 9.17) is 17.0 Å². The normalized spacial score (nSPS) is 11.0. The highest BCUT2D eigenvalue weighted by atomic mass is 32.1. The Labute approximate surface area is 151 Å². The van der Waals surface area contributed by atoms with Crippen LogP contribution in [0.2, 0.25) is 0 Å². The molecule has 7 heteroatoms. The first-order chi connectivity index (χ1) is 11.9. The molecule has 1 aromatic heterocycles. The van der Waals surface area contributed by atoms with Crippen molar-refractivity contribution in [1.82, 2.24) is 14.9 Å². The van der Waals surface area contributed by atoms with E-state index in [-0.39, 0.29) is 17.6 Å². The van der Waals surface area contributed by atoms with E-state index in [2.05, 4.69) is 16.9 Å². The average molecular weight is 361 g/mol. The molecule has 0 spiro atoms. The minimum Gasteiger partial charge on any atom is -0.379 e. The van der Waals surface area contributed by atoms with E-state index in [0.717, 1.165) is 6.42 Å². The van der Waals surface area contributed by atoms with Crippen molar-refractivity contribution in [3.63, 3.8) is 0 Å². The number of rotatable bonds is 8. The molecule has 2 aromatic rings. The molecule has 2 rings (SSSR count). The topological polar surface area (TPSA) is 76.1 Å². The molecule has 1 heterocycles. The van der Waals surface area contributed by atoms with E-state index in [1.54, 1.807) is 24.3 Å². The van der Waals surface area contributed by atoms with Crippen LogP contribution in [0.25, 0.3) is 10.9 Å². The number of carbonyl (C=O) groups is 1. The number of aromatic nitrogens is 2. The quantitative estimate of drug-likeness (QED) is 0.431. The summed E-state index contributed by atoms with van der Waals surface area (Å²) in [5.74, 6) is -0.193. The summed E-state index contributed by atoms with van der Waals surface area (Å²) in [4.78, 5) is 27.7. The Balaban J connectivity index is 2.14. The van der Waals surface area contributed by atoms with Crippen LogP contribution >= 0.6 is 12.2 Å². The Morgan fingerprint density at radius 3 is 2.92 bits per heavy atom. The molecule has 0 aliphatic heterocycles. The molecular formula is C18H23N3O3S. The summed E-state index contributed by atoms with van der Waals surface area (Å²) in [6.07, 6.45) is 2.54. The van der Waals surface area contributed by atoms with Gasteiger partial charge in [-0.2, -0.15) is 0 Å². The SMILES string of the molecule is C=CCn1c(=S)[nH]c2cc(C(=O)NCCCOC(C)C)ccc2c1=O. The highest BCUT2D eigenvalue weighted by Crippen LogP contribution is 2.11. The molecule has 0 aliphatic rings. The van der Waals surface area contributed by atoms with Gasteiger partial charge < -0.3 is 15.0 Å². The number of benzene rings is 1. The summed E-state index contributed by atoms with van der Waals surface area (Å²) in [5.41, 5.74) is 0.825. The Hall–Kier alpha value is -2.25. The van der Waals surface area contributed by atoms with Gasteiger partial charge in [-0.05, 0) is 50.7 Å². The number of fused-ring (bicyclic) bond motifs is 1. The minimum absolute atomic E-state index is 0.185. The van der Waals surface area contributed by atoms with Gasteiger partial charge in [0.05, 0.1) is 17.0 Å². The fourth-order valence-electron chi connectivity index (χ4n) is 2.39. The Bertz CT molecular complexity index is 883. The largest absolute Gasteiger partial charge is 0.379 e. The van der Waals surface area contributed by atoms with Gasteiger partial charge in [-0.25, -0.2) is 0 Å². The second-order valence-corrected chi connectivity index (χ2v) is 6.31. The van der Waals surface area contributed by atoms with Gasteiger partial charge in [0.1, 0.15) is 0 Å². The predicted octanol–water partition coefficient (Wildman–Crippen LogP) is 2.79. The van der Waals surface area contributed by atoms with Crippen LogP contribution in [0, 0.1) is 4.77 Å². The molecule has 134 valence electrons. The van der Waals surface area contributed by atoms with Crippen molar-refractivity contribution in [2.24, 2.45) is 0 Å². The van der Waals surface area contributed by atoms with Gasteiger partial charge in [-0.15, -0.1) is 6.58 Å². The summed E-state index contributed by atoms with van der Waals surface area (Å²) in [5, 5.41) is 3.33. The van der Waals surface area contributed by atoms with Crippen molar-refractivity contribution >= 4 is 29.0 Å². The zero-order chi connectivity index (χ0) is 18.4. The average Bonchev–Trinajstić information content (AvgIpc) is 2.57. The third-order valence-corrected chi connectivity index (χ3v) is 3.94. The van der Waals surface area contributed by atoms with Crippen molar-refractivity contribution in [3.8, 4) is 0 Å². The van der Waals surface area contributed by atoms with Gasteiger partial charge in [0, 0.05) is 25.3 Å². The van der Waals surface area contributed by atoms with Crippen molar-refractivity contribution in [2.75, 3.05) is 13.2 Å². The van der Waals surface area contributed by atoms with Crippen LogP contribution in [-0.2, 0) is 11.3 Å². The van der Waals surface area contributed by atoms with Crippen LogP contribution in [-0.4, -0.2) is 34.7 Å². The lowest BCUT2D eigenvalue weighted by atomic mass is 10.1. The molecule has 0 aliphatic carbocycles. The maximum absolute atomic E-state index is 12.4. The van der Waals surface area contributed by atoms with Gasteiger partial charge in [-0.3, -0.25) is 14.2 Å². The van der Waals surface area contributed by atoms with Crippen LogP contribution in [0.4, 0.5) is 0 Å². The third-order valence-electron chi connectivity index (χ3n) is 3.61. The van der Waals surface area contributed by atoms with Crippen molar-refractivity contribution < 1.29 is 9.53 Å². The van der Waals surface area contributed by atoms with E-state index >= 15 is 0 Å². The lowest BCUT2D eigenvalue weighted by molar-refractivity contribution is 0.0757. The number of allylic oxidation sites excluding steroid dienone is 1. The Kier molecular flexibility index (Phi) is 6.66. The second kappa shape index (κ2) is 8.73. The molecule has 0 saturated carbocycles. The van der Waals surface area contributed by atoms with Crippen LogP contribution < -0.4 is 10.9 Å². The number of nitrogens with zero attached hydrogens (tertiary/aromatic N) is 1. The first-order valence-electron chi connectivity index (χ1n) is 8.21. The smallest absolute Gasteiger partial charge is 0.262 e. The fraction of sp³-hybridized carbons (Fsp3) is 0.389. The number of hydrogen-bond donors (Lipinski definition) is 2. The molecule has 25 heavy (non-hydrogen) atoms. The number of ether oxygens (including phenoxy) is 1. The molecule has 0 atom stereocenters. The monoisotopic (exact) mass is 361 g/mol. The van der Waals surface area contributed by atoms with Gasteiger partial charge in [0.2, 0.25) is 0 Å². The molecular weight excluding hydrogens is 338 g/mol. The molecule has 0 radical (unpaired) electrons.